The molecule has 42 heavy (non-hydrogen) atoms. The van der Waals surface area contributed by atoms with Crippen LogP contribution in [0.15, 0.2) is 48.8 Å². The summed E-state index contributed by atoms with van der Waals surface area (Å²) in [4.78, 5) is 20.5. The number of anilines is 1. The maximum absolute atomic E-state index is 13.8. The maximum atomic E-state index is 13.8. The Balaban J connectivity index is 1.42. The van der Waals surface area contributed by atoms with E-state index in [2.05, 4.69) is 20.1 Å². The lowest BCUT2D eigenvalue weighted by atomic mass is 10.00. The topological polar surface area (TPSA) is 118 Å². The third-order valence-electron chi connectivity index (χ3n) is 6.70. The number of hydrogen-bond acceptors (Lipinski definition) is 9. The summed E-state index contributed by atoms with van der Waals surface area (Å²) in [6.07, 6.45) is -1.47. The van der Waals surface area contributed by atoms with Gasteiger partial charge in [0.1, 0.15) is 5.75 Å². The van der Waals surface area contributed by atoms with Crippen molar-refractivity contribution in [2.75, 3.05) is 37.7 Å². The number of halogens is 3. The Morgan fingerprint density at radius 1 is 0.976 bits per heavy atom. The van der Waals surface area contributed by atoms with Gasteiger partial charge in [0.2, 0.25) is 10.0 Å². The van der Waals surface area contributed by atoms with Crippen molar-refractivity contribution in [3.05, 3.63) is 65.6 Å². The van der Waals surface area contributed by atoms with Crippen LogP contribution in [-0.2, 0) is 22.7 Å². The van der Waals surface area contributed by atoms with Crippen LogP contribution in [0.2, 0.25) is 0 Å². The van der Waals surface area contributed by atoms with Gasteiger partial charge in [0, 0.05) is 44.5 Å². The van der Waals surface area contributed by atoms with Gasteiger partial charge in [-0.05, 0) is 75.2 Å². The van der Waals surface area contributed by atoms with Gasteiger partial charge in [0.15, 0.2) is 11.5 Å². The molecule has 10 nitrogen and oxygen atoms in total. The minimum atomic E-state index is -4.51. The number of alkyl halides is 3. The largest absolute Gasteiger partial charge is 0.492 e. The van der Waals surface area contributed by atoms with Gasteiger partial charge in [-0.2, -0.15) is 13.2 Å². The second kappa shape index (κ2) is 12.2. The SMILES string of the molecule is CCOc1cncc(-c2cc(CN3CCN(c4ccc(C(=O)NS(=O)(=O)C(C)(C)C)nn4)CC3)cc(C(F)(F)F)c2)c1. The van der Waals surface area contributed by atoms with Crippen LogP contribution in [0.25, 0.3) is 11.1 Å². The first-order valence-corrected chi connectivity index (χ1v) is 14.8. The third kappa shape index (κ3) is 7.53. The maximum Gasteiger partial charge on any atom is 0.416 e. The zero-order valence-electron chi connectivity index (χ0n) is 23.8. The van der Waals surface area contributed by atoms with Crippen LogP contribution in [0, 0.1) is 0 Å². The zero-order valence-corrected chi connectivity index (χ0v) is 24.6. The summed E-state index contributed by atoms with van der Waals surface area (Å²) in [7, 11) is -3.90. The highest BCUT2D eigenvalue weighted by Gasteiger charge is 2.33. The van der Waals surface area contributed by atoms with Gasteiger partial charge < -0.3 is 9.64 Å². The highest BCUT2D eigenvalue weighted by Crippen LogP contribution is 2.34. The number of benzene rings is 1. The fourth-order valence-electron chi connectivity index (χ4n) is 4.27. The lowest BCUT2D eigenvalue weighted by Gasteiger charge is -2.35. The van der Waals surface area contributed by atoms with Crippen LogP contribution in [0.4, 0.5) is 19.0 Å². The highest BCUT2D eigenvalue weighted by atomic mass is 32.2. The quantitative estimate of drug-likeness (QED) is 0.404. The molecule has 0 bridgehead atoms. The van der Waals surface area contributed by atoms with E-state index in [0.29, 0.717) is 67.6 Å². The Morgan fingerprint density at radius 3 is 2.29 bits per heavy atom. The number of nitrogens with one attached hydrogen (secondary N) is 1. The van der Waals surface area contributed by atoms with E-state index in [-0.39, 0.29) is 5.69 Å². The number of amides is 1. The van der Waals surface area contributed by atoms with Crippen LogP contribution < -0.4 is 14.4 Å². The van der Waals surface area contributed by atoms with Crippen molar-refractivity contribution in [1.82, 2.24) is 24.8 Å². The van der Waals surface area contributed by atoms with E-state index in [9.17, 15) is 26.4 Å². The number of nitrogens with zero attached hydrogens (tertiary/aromatic N) is 5. The zero-order chi connectivity index (χ0) is 30.7. The predicted molar refractivity (Wildman–Crippen MR) is 152 cm³/mol. The Morgan fingerprint density at radius 2 is 1.69 bits per heavy atom. The molecule has 1 saturated heterocycles. The van der Waals surface area contributed by atoms with Crippen LogP contribution in [-0.4, -0.2) is 71.9 Å². The van der Waals surface area contributed by atoms with E-state index >= 15 is 0 Å². The summed E-state index contributed by atoms with van der Waals surface area (Å²) in [5, 5.41) is 7.98. The number of carbonyl (C=O) groups is 1. The number of piperazine rings is 1. The van der Waals surface area contributed by atoms with Gasteiger partial charge >= 0.3 is 6.18 Å². The van der Waals surface area contributed by atoms with Crippen molar-refractivity contribution in [1.29, 1.82) is 0 Å². The van der Waals surface area contributed by atoms with E-state index < -0.39 is 32.4 Å². The van der Waals surface area contributed by atoms with Crippen molar-refractivity contribution in [3.63, 3.8) is 0 Å². The summed E-state index contributed by atoms with van der Waals surface area (Å²) in [6, 6.07) is 8.70. The predicted octanol–water partition coefficient (Wildman–Crippen LogP) is 4.14. The van der Waals surface area contributed by atoms with Crippen molar-refractivity contribution >= 4 is 21.7 Å². The number of hydrogen-bond donors (Lipinski definition) is 1. The molecule has 0 unspecified atom stereocenters. The average Bonchev–Trinajstić information content (AvgIpc) is 2.92. The molecule has 2 aromatic heterocycles. The van der Waals surface area contributed by atoms with Crippen molar-refractivity contribution in [2.24, 2.45) is 0 Å². The van der Waals surface area contributed by atoms with Crippen LogP contribution in [0.5, 0.6) is 5.75 Å². The Hall–Kier alpha value is -3.78. The van der Waals surface area contributed by atoms with Crippen LogP contribution in [0.1, 0.15) is 49.3 Å². The molecule has 1 N–H and O–H groups in total. The molecule has 226 valence electrons. The van der Waals surface area contributed by atoms with Crippen LogP contribution >= 0.6 is 0 Å². The molecule has 1 aliphatic heterocycles. The molecule has 1 fully saturated rings. The molecule has 4 rings (SSSR count). The third-order valence-corrected chi connectivity index (χ3v) is 8.76. The lowest BCUT2D eigenvalue weighted by Crippen LogP contribution is -2.46. The van der Waals surface area contributed by atoms with Crippen LogP contribution in [0.3, 0.4) is 0 Å². The van der Waals surface area contributed by atoms with E-state index in [4.69, 9.17) is 4.74 Å². The second-order valence-corrected chi connectivity index (χ2v) is 13.3. The smallest absolute Gasteiger partial charge is 0.416 e. The molecular formula is C28H33F3N6O4S. The standard InChI is InChI=1S/C28H33F3N6O4S/c1-5-41-23-15-21(16-32-17-23)20-12-19(13-22(14-20)28(29,30)31)18-36-8-10-37(11-9-36)25-7-6-24(33-34-25)26(38)35-42(39,40)27(2,3)4/h6-7,12-17H,5,8-11,18H2,1-4H3,(H,35,38). The Bertz CT molecular complexity index is 1520. The summed E-state index contributed by atoms with van der Waals surface area (Å²) in [6.45, 7) is 9.15. The van der Waals surface area contributed by atoms with Gasteiger partial charge in [-0.3, -0.25) is 14.7 Å². The molecule has 1 aliphatic rings. The van der Waals surface area contributed by atoms with E-state index in [1.165, 1.54) is 45.3 Å². The monoisotopic (exact) mass is 606 g/mol. The number of aromatic nitrogens is 3. The summed E-state index contributed by atoms with van der Waals surface area (Å²) in [5.41, 5.74) is 0.597. The summed E-state index contributed by atoms with van der Waals surface area (Å²) < 4.78 is 72.1. The highest BCUT2D eigenvalue weighted by molar-refractivity contribution is 7.91. The van der Waals surface area contributed by atoms with Gasteiger partial charge in [0.25, 0.3) is 5.91 Å². The molecule has 0 spiro atoms. The first-order chi connectivity index (χ1) is 19.7. The number of rotatable bonds is 8. The molecule has 1 amide bonds. The number of ether oxygens (including phenoxy) is 1. The molecular weight excluding hydrogens is 573 g/mol. The van der Waals surface area contributed by atoms with Crippen molar-refractivity contribution < 1.29 is 31.1 Å². The minimum Gasteiger partial charge on any atom is -0.492 e. The minimum absolute atomic E-state index is 0.132. The normalized spacial score (nSPS) is 15.0. The van der Waals surface area contributed by atoms with Gasteiger partial charge in [-0.15, -0.1) is 10.2 Å². The van der Waals surface area contributed by atoms with Gasteiger partial charge in [-0.1, -0.05) is 0 Å². The summed E-state index contributed by atoms with van der Waals surface area (Å²) >= 11 is 0. The fourth-order valence-corrected chi connectivity index (χ4v) is 4.93. The molecule has 3 heterocycles. The molecule has 0 atom stereocenters. The second-order valence-electron chi connectivity index (χ2n) is 10.8. The van der Waals surface area contributed by atoms with Crippen molar-refractivity contribution in [2.45, 2.75) is 45.2 Å². The number of pyridine rings is 1. The number of sulfonamides is 1. The molecule has 14 heteroatoms. The van der Waals surface area contributed by atoms with E-state index in [1.54, 1.807) is 18.2 Å². The lowest BCUT2D eigenvalue weighted by molar-refractivity contribution is -0.137. The summed E-state index contributed by atoms with van der Waals surface area (Å²) in [5.74, 6) is 0.124. The van der Waals surface area contributed by atoms with Gasteiger partial charge in [-0.25, -0.2) is 13.1 Å². The molecule has 0 saturated carbocycles. The van der Waals surface area contributed by atoms with Gasteiger partial charge in [0.05, 0.1) is 23.1 Å². The fraction of sp³-hybridized carbons (Fsp3) is 0.429. The molecule has 0 radical (unpaired) electrons. The van der Waals surface area contributed by atoms with E-state index in [1.807, 2.05) is 16.5 Å². The molecule has 0 aliphatic carbocycles. The Labute approximate surface area is 243 Å². The first kappa shape index (κ1) is 31.2. The average molecular weight is 607 g/mol. The van der Waals surface area contributed by atoms with E-state index in [0.717, 1.165) is 6.07 Å². The Kier molecular flexibility index (Phi) is 9.06. The molecule has 3 aromatic rings. The first-order valence-electron chi connectivity index (χ1n) is 13.3. The van der Waals surface area contributed by atoms with Crippen molar-refractivity contribution in [3.8, 4) is 16.9 Å². The molecule has 1 aromatic carbocycles. The number of carbonyl (C=O) groups excluding carboxylic acids is 1.